The zero-order valence-electron chi connectivity index (χ0n) is 18.8. The zero-order chi connectivity index (χ0) is 23.5. The predicted molar refractivity (Wildman–Crippen MR) is 118 cm³/mol. The first-order valence-corrected chi connectivity index (χ1v) is 10.5. The molecule has 9 nitrogen and oxygen atoms in total. The molecule has 0 fully saturated rings. The number of para-hydroxylation sites is 2. The summed E-state index contributed by atoms with van der Waals surface area (Å²) >= 11 is 0. The molecule has 0 amide bonds. The van der Waals surface area contributed by atoms with Gasteiger partial charge in [-0.2, -0.15) is 4.79 Å². The molecular weight excluding hydrogens is 412 g/mol. The minimum absolute atomic E-state index is 0.0915. The normalized spacial score (nSPS) is 13.7. The van der Waals surface area contributed by atoms with Crippen molar-refractivity contribution in [3.05, 3.63) is 59.7 Å². The second-order valence-electron chi connectivity index (χ2n) is 8.24. The minimum Gasteiger partial charge on any atom is -0.508 e. The van der Waals surface area contributed by atoms with Crippen LogP contribution in [0.2, 0.25) is 0 Å². The zero-order valence-corrected chi connectivity index (χ0v) is 18.8. The van der Waals surface area contributed by atoms with Crippen LogP contribution in [0.5, 0.6) is 11.5 Å². The lowest BCUT2D eigenvalue weighted by Crippen LogP contribution is -2.03. The highest BCUT2D eigenvalue weighted by Gasteiger charge is 2.18. The quantitative estimate of drug-likeness (QED) is 0.307. The first kappa shape index (κ1) is 24.8. The monoisotopic (exact) mass is 442 g/mol. The standard InChI is InChI=1S/C23H30N4O5/c1-15(2)13-19(17-9-5-7-11-21(17)28)24-26-31-23(30)32-27-25-20(14-16(3)4)18-10-6-8-12-22(18)29/h5-12,15-16,19-20,28-29H,13-14H2,1-4H3. The number of phenols is 2. The molecule has 0 spiro atoms. The van der Waals surface area contributed by atoms with Crippen molar-refractivity contribution in [1.82, 2.24) is 0 Å². The Balaban J connectivity index is 1.99. The molecule has 0 bridgehead atoms. The number of carbonyl (C=O) groups is 1. The van der Waals surface area contributed by atoms with Gasteiger partial charge in [0.05, 0.1) is 0 Å². The molecule has 2 aromatic carbocycles. The highest BCUT2D eigenvalue weighted by Crippen LogP contribution is 2.33. The van der Waals surface area contributed by atoms with Gasteiger partial charge < -0.3 is 10.2 Å². The molecule has 2 N–H and O–H groups in total. The molecule has 0 saturated heterocycles. The van der Waals surface area contributed by atoms with Crippen molar-refractivity contribution in [2.24, 2.45) is 32.6 Å². The first-order valence-electron chi connectivity index (χ1n) is 10.5. The van der Waals surface area contributed by atoms with E-state index in [0.717, 1.165) is 0 Å². The average molecular weight is 443 g/mol. The van der Waals surface area contributed by atoms with Gasteiger partial charge in [-0.05, 0) is 36.8 Å². The molecule has 2 aromatic rings. The van der Waals surface area contributed by atoms with Gasteiger partial charge in [0, 0.05) is 21.7 Å². The third-order valence-corrected chi connectivity index (χ3v) is 4.58. The Morgan fingerprint density at radius 1 is 0.750 bits per heavy atom. The van der Waals surface area contributed by atoms with E-state index in [1.54, 1.807) is 48.5 Å². The lowest BCUT2D eigenvalue weighted by Gasteiger charge is -2.15. The van der Waals surface area contributed by atoms with E-state index in [-0.39, 0.29) is 23.3 Å². The highest BCUT2D eigenvalue weighted by molar-refractivity contribution is 5.59. The summed E-state index contributed by atoms with van der Waals surface area (Å²) in [4.78, 5) is 21.0. The van der Waals surface area contributed by atoms with Gasteiger partial charge in [0.15, 0.2) is 0 Å². The maximum Gasteiger partial charge on any atom is 0.565 e. The predicted octanol–water partition coefficient (Wildman–Crippen LogP) is 6.86. The van der Waals surface area contributed by atoms with Crippen molar-refractivity contribution in [3.63, 3.8) is 0 Å². The Morgan fingerprint density at radius 3 is 1.47 bits per heavy atom. The molecule has 0 aromatic heterocycles. The molecule has 9 heteroatoms. The summed E-state index contributed by atoms with van der Waals surface area (Å²) in [6.07, 6.45) is -0.00791. The summed E-state index contributed by atoms with van der Waals surface area (Å²) in [5.74, 6) is 0.723. The van der Waals surface area contributed by atoms with E-state index in [9.17, 15) is 15.0 Å². The van der Waals surface area contributed by atoms with Crippen LogP contribution in [0.1, 0.15) is 63.7 Å². The van der Waals surface area contributed by atoms with Crippen LogP contribution >= 0.6 is 0 Å². The topological polar surface area (TPSA) is 125 Å². The number of hydrogen-bond donors (Lipinski definition) is 2. The molecule has 0 saturated carbocycles. The molecule has 2 unspecified atom stereocenters. The maximum atomic E-state index is 11.8. The summed E-state index contributed by atoms with van der Waals surface area (Å²) in [5.41, 5.74) is 1.17. The molecular formula is C23H30N4O5. The SMILES string of the molecule is CC(C)CC(N=NOC(=O)ON=NC(CC(C)C)c1ccccc1O)c1ccccc1O. The smallest absolute Gasteiger partial charge is 0.508 e. The molecule has 0 aliphatic rings. The molecule has 172 valence electrons. The fourth-order valence-corrected chi connectivity index (χ4v) is 3.15. The van der Waals surface area contributed by atoms with Crippen molar-refractivity contribution >= 4 is 6.16 Å². The lowest BCUT2D eigenvalue weighted by molar-refractivity contribution is 0.0436. The highest BCUT2D eigenvalue weighted by atomic mass is 16.9. The number of benzene rings is 2. The maximum absolute atomic E-state index is 11.8. The van der Waals surface area contributed by atoms with Crippen molar-refractivity contribution in [1.29, 1.82) is 0 Å². The summed E-state index contributed by atoms with van der Waals surface area (Å²) < 4.78 is 0. The van der Waals surface area contributed by atoms with E-state index in [4.69, 9.17) is 0 Å². The molecule has 32 heavy (non-hydrogen) atoms. The van der Waals surface area contributed by atoms with Crippen LogP contribution in [-0.2, 0) is 9.68 Å². The van der Waals surface area contributed by atoms with Crippen LogP contribution in [0, 0.1) is 11.8 Å². The van der Waals surface area contributed by atoms with Crippen molar-refractivity contribution in [3.8, 4) is 11.5 Å². The second-order valence-corrected chi connectivity index (χ2v) is 8.24. The summed E-state index contributed by atoms with van der Waals surface area (Å²) in [7, 11) is 0. The summed E-state index contributed by atoms with van der Waals surface area (Å²) in [5, 5.41) is 35.1. The van der Waals surface area contributed by atoms with Gasteiger partial charge in [0.25, 0.3) is 0 Å². The molecule has 2 atom stereocenters. The summed E-state index contributed by atoms with van der Waals surface area (Å²) in [6.45, 7) is 8.04. The Hall–Kier alpha value is -3.49. The number of phenolic OH excluding ortho intramolecular Hbond substituents is 2. The van der Waals surface area contributed by atoms with E-state index >= 15 is 0 Å². The largest absolute Gasteiger partial charge is 0.565 e. The number of hydrogen-bond acceptors (Lipinski definition) is 9. The Labute approximate surface area is 187 Å². The van der Waals surface area contributed by atoms with Crippen LogP contribution < -0.4 is 0 Å². The van der Waals surface area contributed by atoms with Gasteiger partial charge in [-0.1, -0.05) is 64.1 Å². The van der Waals surface area contributed by atoms with Crippen LogP contribution in [-0.4, -0.2) is 16.4 Å². The second kappa shape index (κ2) is 12.4. The van der Waals surface area contributed by atoms with Gasteiger partial charge >= 0.3 is 6.16 Å². The van der Waals surface area contributed by atoms with E-state index in [1.807, 2.05) is 27.7 Å². The van der Waals surface area contributed by atoms with Crippen molar-refractivity contribution in [2.75, 3.05) is 0 Å². The number of rotatable bonds is 10. The van der Waals surface area contributed by atoms with Crippen LogP contribution in [0.15, 0.2) is 69.3 Å². The molecule has 0 aliphatic heterocycles. The van der Waals surface area contributed by atoms with E-state index in [1.165, 1.54) is 0 Å². The molecule has 0 radical (unpaired) electrons. The third kappa shape index (κ3) is 7.98. The fourth-order valence-electron chi connectivity index (χ4n) is 3.15. The molecule has 0 aliphatic carbocycles. The van der Waals surface area contributed by atoms with Gasteiger partial charge in [0.1, 0.15) is 23.6 Å². The van der Waals surface area contributed by atoms with Crippen LogP contribution in [0.4, 0.5) is 4.79 Å². The molecule has 2 rings (SSSR count). The van der Waals surface area contributed by atoms with E-state index in [2.05, 4.69) is 30.5 Å². The van der Waals surface area contributed by atoms with Gasteiger partial charge in [-0.25, -0.2) is 0 Å². The van der Waals surface area contributed by atoms with Crippen LogP contribution in [0.3, 0.4) is 0 Å². The average Bonchev–Trinajstić information content (AvgIpc) is 2.72. The minimum atomic E-state index is -1.20. The van der Waals surface area contributed by atoms with Gasteiger partial charge in [-0.15, -0.1) is 10.2 Å². The Morgan fingerprint density at radius 2 is 1.12 bits per heavy atom. The van der Waals surface area contributed by atoms with E-state index in [0.29, 0.717) is 24.0 Å². The Bertz CT molecular complexity index is 857. The first-order chi connectivity index (χ1) is 15.3. The van der Waals surface area contributed by atoms with E-state index < -0.39 is 18.2 Å². The summed E-state index contributed by atoms with van der Waals surface area (Å²) in [6, 6.07) is 12.6. The Kier molecular flexibility index (Phi) is 9.59. The number of carbonyl (C=O) groups excluding carboxylic acids is 1. The number of nitrogens with zero attached hydrogens (tertiary/aromatic N) is 4. The number of aromatic hydroxyl groups is 2. The van der Waals surface area contributed by atoms with Gasteiger partial charge in [-0.3, -0.25) is 9.68 Å². The molecule has 0 heterocycles. The third-order valence-electron chi connectivity index (χ3n) is 4.58. The fraction of sp³-hybridized carbons (Fsp3) is 0.435. The van der Waals surface area contributed by atoms with Crippen molar-refractivity contribution < 1.29 is 24.7 Å². The van der Waals surface area contributed by atoms with Gasteiger partial charge in [0.2, 0.25) is 0 Å². The van der Waals surface area contributed by atoms with Crippen LogP contribution in [0.25, 0.3) is 0 Å². The van der Waals surface area contributed by atoms with Crippen molar-refractivity contribution in [2.45, 2.75) is 52.6 Å². The lowest BCUT2D eigenvalue weighted by atomic mass is 9.97.